The molecule has 0 amide bonds. The Bertz CT molecular complexity index is 738. The lowest BCUT2D eigenvalue weighted by Crippen LogP contribution is -2.40. The van der Waals surface area contributed by atoms with Crippen molar-refractivity contribution in [1.82, 2.24) is 20.4 Å². The minimum atomic E-state index is 0.433. The van der Waals surface area contributed by atoms with Crippen molar-refractivity contribution in [3.63, 3.8) is 0 Å². The van der Waals surface area contributed by atoms with Gasteiger partial charge >= 0.3 is 0 Å². The molecule has 0 radical (unpaired) electrons. The molecule has 148 valence electrons. The van der Waals surface area contributed by atoms with Crippen molar-refractivity contribution in [2.24, 2.45) is 10.9 Å². The van der Waals surface area contributed by atoms with Crippen LogP contribution in [0.3, 0.4) is 0 Å². The summed E-state index contributed by atoms with van der Waals surface area (Å²) in [6.07, 6.45) is 0. The van der Waals surface area contributed by atoms with E-state index >= 15 is 0 Å². The van der Waals surface area contributed by atoms with Crippen LogP contribution in [0.25, 0.3) is 0 Å². The maximum Gasteiger partial charge on any atom is 0.191 e. The van der Waals surface area contributed by atoms with Crippen LogP contribution in [0, 0.1) is 19.8 Å². The Labute approximate surface area is 163 Å². The summed E-state index contributed by atoms with van der Waals surface area (Å²) >= 11 is 0. The number of aliphatic imine (C=N–C) groups is 1. The summed E-state index contributed by atoms with van der Waals surface area (Å²) in [5, 5.41) is 11.3. The van der Waals surface area contributed by atoms with Crippen molar-refractivity contribution in [2.45, 2.75) is 47.7 Å². The van der Waals surface area contributed by atoms with Crippen LogP contribution in [0.4, 0.5) is 0 Å². The van der Waals surface area contributed by atoms with Gasteiger partial charge in [0.05, 0.1) is 18.8 Å². The third kappa shape index (κ3) is 6.62. The van der Waals surface area contributed by atoms with E-state index in [-0.39, 0.29) is 0 Å². The highest BCUT2D eigenvalue weighted by molar-refractivity contribution is 5.79. The molecule has 1 atom stereocenters. The molecule has 6 nitrogen and oxygen atoms in total. The predicted octanol–water partition coefficient (Wildman–Crippen LogP) is 3.29. The Morgan fingerprint density at radius 3 is 2.67 bits per heavy atom. The van der Waals surface area contributed by atoms with Crippen LogP contribution >= 0.6 is 0 Å². The van der Waals surface area contributed by atoms with E-state index in [1.165, 1.54) is 5.69 Å². The van der Waals surface area contributed by atoms with Gasteiger partial charge in [-0.15, -0.1) is 0 Å². The monoisotopic (exact) mass is 371 g/mol. The molecule has 1 unspecified atom stereocenters. The molecule has 0 spiro atoms. The third-order valence-corrected chi connectivity index (χ3v) is 4.23. The average Bonchev–Trinajstić information content (AvgIpc) is 2.95. The van der Waals surface area contributed by atoms with Gasteiger partial charge in [0.25, 0.3) is 0 Å². The Morgan fingerprint density at radius 1 is 1.22 bits per heavy atom. The first-order chi connectivity index (χ1) is 13.0. The summed E-state index contributed by atoms with van der Waals surface area (Å²) in [6.45, 7) is 14.2. The molecule has 0 fully saturated rings. The SMILES string of the molecule is CCNC(=NCc1ccccc1OCC)NCC(C)Cn1nc(C)cc1C. The van der Waals surface area contributed by atoms with Crippen LogP contribution in [0.1, 0.15) is 37.7 Å². The molecule has 0 bridgehead atoms. The van der Waals surface area contributed by atoms with Gasteiger partial charge in [0, 0.05) is 30.9 Å². The second kappa shape index (κ2) is 10.6. The molecule has 1 heterocycles. The fourth-order valence-electron chi connectivity index (χ4n) is 2.93. The van der Waals surface area contributed by atoms with E-state index in [4.69, 9.17) is 9.73 Å². The molecule has 0 aliphatic carbocycles. The number of para-hydroxylation sites is 1. The van der Waals surface area contributed by atoms with Crippen molar-refractivity contribution in [2.75, 3.05) is 19.7 Å². The highest BCUT2D eigenvalue weighted by Crippen LogP contribution is 2.18. The number of aromatic nitrogens is 2. The molecular weight excluding hydrogens is 338 g/mol. The molecule has 1 aromatic heterocycles. The van der Waals surface area contributed by atoms with Crippen LogP contribution in [-0.2, 0) is 13.1 Å². The van der Waals surface area contributed by atoms with Crippen molar-refractivity contribution in [3.05, 3.63) is 47.3 Å². The Balaban J connectivity index is 1.94. The van der Waals surface area contributed by atoms with Crippen LogP contribution in [-0.4, -0.2) is 35.4 Å². The molecule has 2 aromatic rings. The Morgan fingerprint density at radius 2 is 2.00 bits per heavy atom. The maximum absolute atomic E-state index is 5.69. The highest BCUT2D eigenvalue weighted by atomic mass is 16.5. The van der Waals surface area contributed by atoms with Crippen LogP contribution in [0.15, 0.2) is 35.3 Å². The van der Waals surface area contributed by atoms with Gasteiger partial charge in [-0.25, -0.2) is 4.99 Å². The number of rotatable bonds is 9. The molecule has 27 heavy (non-hydrogen) atoms. The molecule has 1 aromatic carbocycles. The van der Waals surface area contributed by atoms with Gasteiger partial charge in [0.15, 0.2) is 5.96 Å². The number of hydrogen-bond acceptors (Lipinski definition) is 3. The van der Waals surface area contributed by atoms with Gasteiger partial charge in [0.2, 0.25) is 0 Å². The number of aryl methyl sites for hydroxylation is 2. The van der Waals surface area contributed by atoms with E-state index in [1.54, 1.807) is 0 Å². The van der Waals surface area contributed by atoms with Crippen LogP contribution in [0.2, 0.25) is 0 Å². The normalized spacial score (nSPS) is 12.7. The van der Waals surface area contributed by atoms with Crippen molar-refractivity contribution in [1.29, 1.82) is 0 Å². The fourth-order valence-corrected chi connectivity index (χ4v) is 2.93. The second-order valence-corrected chi connectivity index (χ2v) is 6.83. The molecule has 2 N–H and O–H groups in total. The summed E-state index contributed by atoms with van der Waals surface area (Å²) in [5.74, 6) is 2.16. The van der Waals surface area contributed by atoms with E-state index in [1.807, 2.05) is 32.0 Å². The minimum absolute atomic E-state index is 0.433. The predicted molar refractivity (Wildman–Crippen MR) is 111 cm³/mol. The van der Waals surface area contributed by atoms with Crippen molar-refractivity contribution >= 4 is 5.96 Å². The van der Waals surface area contributed by atoms with Gasteiger partial charge < -0.3 is 15.4 Å². The smallest absolute Gasteiger partial charge is 0.191 e. The van der Waals surface area contributed by atoms with Crippen molar-refractivity contribution in [3.8, 4) is 5.75 Å². The summed E-state index contributed by atoms with van der Waals surface area (Å²) in [7, 11) is 0. The van der Waals surface area contributed by atoms with Crippen molar-refractivity contribution < 1.29 is 4.74 Å². The lowest BCUT2D eigenvalue weighted by molar-refractivity contribution is 0.336. The van der Waals surface area contributed by atoms with E-state index in [0.717, 1.165) is 42.6 Å². The quantitative estimate of drug-likeness (QED) is 0.524. The molecule has 2 rings (SSSR count). The zero-order chi connectivity index (χ0) is 19.6. The Hall–Kier alpha value is -2.50. The first kappa shape index (κ1) is 20.8. The summed E-state index contributed by atoms with van der Waals surface area (Å²) in [4.78, 5) is 4.72. The third-order valence-electron chi connectivity index (χ3n) is 4.23. The number of ether oxygens (including phenoxy) is 1. The Kier molecular flexibility index (Phi) is 8.17. The average molecular weight is 372 g/mol. The van der Waals surface area contributed by atoms with E-state index in [9.17, 15) is 0 Å². The topological polar surface area (TPSA) is 63.5 Å². The number of benzene rings is 1. The second-order valence-electron chi connectivity index (χ2n) is 6.83. The number of hydrogen-bond donors (Lipinski definition) is 2. The molecule has 6 heteroatoms. The molecular formula is C21H33N5O. The lowest BCUT2D eigenvalue weighted by atomic mass is 10.2. The van der Waals surface area contributed by atoms with Gasteiger partial charge in [-0.2, -0.15) is 5.10 Å². The van der Waals surface area contributed by atoms with Crippen LogP contribution in [0.5, 0.6) is 5.75 Å². The van der Waals surface area contributed by atoms with Crippen LogP contribution < -0.4 is 15.4 Å². The number of nitrogens with zero attached hydrogens (tertiary/aromatic N) is 3. The zero-order valence-corrected chi connectivity index (χ0v) is 17.2. The van der Waals surface area contributed by atoms with Gasteiger partial charge in [-0.1, -0.05) is 25.1 Å². The summed E-state index contributed by atoms with van der Waals surface area (Å²) < 4.78 is 7.76. The lowest BCUT2D eigenvalue weighted by Gasteiger charge is -2.17. The van der Waals surface area contributed by atoms with E-state index in [0.29, 0.717) is 19.1 Å². The first-order valence-corrected chi connectivity index (χ1v) is 9.77. The molecule has 0 aliphatic rings. The molecule has 0 aliphatic heterocycles. The van der Waals surface area contributed by atoms with Gasteiger partial charge in [0.1, 0.15) is 5.75 Å². The summed E-state index contributed by atoms with van der Waals surface area (Å²) in [6, 6.07) is 10.2. The molecule has 0 saturated heterocycles. The van der Waals surface area contributed by atoms with Gasteiger partial charge in [-0.05, 0) is 45.7 Å². The number of guanidine groups is 1. The highest BCUT2D eigenvalue weighted by Gasteiger charge is 2.09. The van der Waals surface area contributed by atoms with E-state index < -0.39 is 0 Å². The number of nitrogens with one attached hydrogen (secondary N) is 2. The van der Waals surface area contributed by atoms with Gasteiger partial charge in [-0.3, -0.25) is 4.68 Å². The minimum Gasteiger partial charge on any atom is -0.494 e. The maximum atomic E-state index is 5.69. The fraction of sp³-hybridized carbons (Fsp3) is 0.524. The zero-order valence-electron chi connectivity index (χ0n) is 17.2. The molecule has 0 saturated carbocycles. The summed E-state index contributed by atoms with van der Waals surface area (Å²) in [5.41, 5.74) is 3.36. The standard InChI is InChI=1S/C21H33N5O/c1-6-22-21(24-14-19-10-8-9-11-20(19)27-7-2)23-13-16(3)15-26-18(5)12-17(4)25-26/h8-12,16H,6-7,13-15H2,1-5H3,(H2,22,23,24). The largest absolute Gasteiger partial charge is 0.494 e. The first-order valence-electron chi connectivity index (χ1n) is 9.77. The van der Waals surface area contributed by atoms with E-state index in [2.05, 4.69) is 53.3 Å².